The fourth-order valence-corrected chi connectivity index (χ4v) is 2.83. The maximum atomic E-state index is 5.48. The second-order valence-electron chi connectivity index (χ2n) is 4.74. The molecule has 3 rings (SSSR count). The normalized spacial score (nSPS) is 10.7. The molecule has 0 spiro atoms. The summed E-state index contributed by atoms with van der Waals surface area (Å²) in [7, 11) is 5.16. The van der Waals surface area contributed by atoms with Gasteiger partial charge in [0, 0.05) is 42.8 Å². The van der Waals surface area contributed by atoms with Crippen LogP contribution in [0.5, 0.6) is 11.5 Å². The molecular formula is C16H16BrN3O2. The van der Waals surface area contributed by atoms with Crippen LogP contribution in [0.3, 0.4) is 0 Å². The molecule has 2 aromatic heterocycles. The van der Waals surface area contributed by atoms with E-state index in [0.717, 1.165) is 38.6 Å². The van der Waals surface area contributed by atoms with Crippen LogP contribution in [0.4, 0.5) is 5.69 Å². The number of halogens is 1. The van der Waals surface area contributed by atoms with E-state index in [1.165, 1.54) is 0 Å². The summed E-state index contributed by atoms with van der Waals surface area (Å²) in [6.07, 6.45) is 3.95. The van der Waals surface area contributed by atoms with Gasteiger partial charge in [0.25, 0.3) is 0 Å². The van der Waals surface area contributed by atoms with E-state index in [1.807, 2.05) is 48.1 Å². The molecule has 1 N–H and O–H groups in total. The zero-order chi connectivity index (χ0) is 15.7. The van der Waals surface area contributed by atoms with Crippen LogP contribution in [-0.2, 0) is 0 Å². The molecule has 2 heterocycles. The minimum Gasteiger partial charge on any atom is -0.496 e. The second-order valence-corrected chi connectivity index (χ2v) is 5.60. The molecule has 0 atom stereocenters. The Bertz CT molecular complexity index is 830. The van der Waals surface area contributed by atoms with Gasteiger partial charge in [0.15, 0.2) is 0 Å². The number of ether oxygens (including phenoxy) is 2. The Morgan fingerprint density at radius 1 is 1.14 bits per heavy atom. The van der Waals surface area contributed by atoms with Gasteiger partial charge in [0.1, 0.15) is 17.1 Å². The average molecular weight is 362 g/mol. The lowest BCUT2D eigenvalue weighted by molar-refractivity contribution is 0.393. The number of hydrogen-bond donors (Lipinski definition) is 1. The van der Waals surface area contributed by atoms with E-state index in [0.29, 0.717) is 0 Å². The summed E-state index contributed by atoms with van der Waals surface area (Å²) in [4.78, 5) is 4.68. The molecule has 0 saturated heterocycles. The molecule has 0 saturated carbocycles. The molecule has 22 heavy (non-hydrogen) atoms. The van der Waals surface area contributed by atoms with Crippen molar-refractivity contribution in [3.05, 3.63) is 41.1 Å². The molecule has 0 bridgehead atoms. The van der Waals surface area contributed by atoms with Gasteiger partial charge >= 0.3 is 0 Å². The fraction of sp³-hybridized carbons (Fsp3) is 0.188. The molecule has 0 fully saturated rings. The van der Waals surface area contributed by atoms with Crippen molar-refractivity contribution in [2.45, 2.75) is 0 Å². The first-order chi connectivity index (χ1) is 10.7. The maximum absolute atomic E-state index is 5.48. The Balaban J connectivity index is 2.16. The largest absolute Gasteiger partial charge is 0.496 e. The molecule has 6 heteroatoms. The lowest BCUT2D eigenvalue weighted by Gasteiger charge is -2.10. The monoisotopic (exact) mass is 361 g/mol. The van der Waals surface area contributed by atoms with E-state index in [1.54, 1.807) is 14.2 Å². The molecule has 1 aromatic carbocycles. The van der Waals surface area contributed by atoms with Crippen molar-refractivity contribution in [3.63, 3.8) is 0 Å². The van der Waals surface area contributed by atoms with E-state index in [-0.39, 0.29) is 0 Å². The lowest BCUT2D eigenvalue weighted by Crippen LogP contribution is -1.92. The number of benzene rings is 1. The van der Waals surface area contributed by atoms with Crippen molar-refractivity contribution in [2.75, 3.05) is 26.6 Å². The highest BCUT2D eigenvalue weighted by molar-refractivity contribution is 9.10. The SMILES string of the molecule is CNc1ccn2cc(-c3cc(Br)c(OC)cc3OC)nc2c1. The summed E-state index contributed by atoms with van der Waals surface area (Å²) in [6, 6.07) is 7.80. The van der Waals surface area contributed by atoms with Gasteiger partial charge in [-0.25, -0.2) is 4.98 Å². The van der Waals surface area contributed by atoms with Crippen molar-refractivity contribution in [1.29, 1.82) is 0 Å². The van der Waals surface area contributed by atoms with Crippen molar-refractivity contribution in [3.8, 4) is 22.8 Å². The van der Waals surface area contributed by atoms with Crippen molar-refractivity contribution >= 4 is 27.3 Å². The molecule has 5 nitrogen and oxygen atoms in total. The first kappa shape index (κ1) is 14.7. The summed E-state index contributed by atoms with van der Waals surface area (Å²) in [5, 5.41) is 3.11. The summed E-state index contributed by atoms with van der Waals surface area (Å²) in [5.41, 5.74) is 3.64. The molecule has 0 aliphatic rings. The Morgan fingerprint density at radius 3 is 2.59 bits per heavy atom. The minimum absolute atomic E-state index is 0.720. The third-order valence-electron chi connectivity index (χ3n) is 3.50. The molecular weight excluding hydrogens is 346 g/mol. The molecule has 0 unspecified atom stereocenters. The number of anilines is 1. The number of rotatable bonds is 4. The first-order valence-electron chi connectivity index (χ1n) is 6.74. The maximum Gasteiger partial charge on any atom is 0.139 e. The van der Waals surface area contributed by atoms with Crippen molar-refractivity contribution in [1.82, 2.24) is 9.38 Å². The number of nitrogens with zero attached hydrogens (tertiary/aromatic N) is 2. The molecule has 0 amide bonds. The fourth-order valence-electron chi connectivity index (χ4n) is 2.33. The summed E-state index contributed by atoms with van der Waals surface area (Å²) in [6.45, 7) is 0. The van der Waals surface area contributed by atoms with Gasteiger partial charge in [-0.15, -0.1) is 0 Å². The predicted octanol–water partition coefficient (Wildman–Crippen LogP) is 3.82. The van der Waals surface area contributed by atoms with Crippen molar-refractivity contribution in [2.24, 2.45) is 0 Å². The zero-order valence-electron chi connectivity index (χ0n) is 12.6. The van der Waals surface area contributed by atoms with Gasteiger partial charge in [-0.1, -0.05) is 0 Å². The Kier molecular flexibility index (Phi) is 3.94. The van der Waals surface area contributed by atoms with Crippen molar-refractivity contribution < 1.29 is 9.47 Å². The topological polar surface area (TPSA) is 47.8 Å². The minimum atomic E-state index is 0.720. The van der Waals surface area contributed by atoms with Crippen LogP contribution in [-0.4, -0.2) is 30.7 Å². The highest BCUT2D eigenvalue weighted by Gasteiger charge is 2.14. The number of hydrogen-bond acceptors (Lipinski definition) is 4. The number of imidazole rings is 1. The van der Waals surface area contributed by atoms with Crippen LogP contribution in [0.2, 0.25) is 0 Å². The van der Waals surface area contributed by atoms with E-state index in [9.17, 15) is 0 Å². The molecule has 3 aromatic rings. The molecule has 114 valence electrons. The van der Waals surface area contributed by atoms with Gasteiger partial charge in [-0.2, -0.15) is 0 Å². The van der Waals surface area contributed by atoms with Gasteiger partial charge in [0.2, 0.25) is 0 Å². The van der Waals surface area contributed by atoms with Gasteiger partial charge in [-0.05, 0) is 28.1 Å². The van der Waals surface area contributed by atoms with E-state index >= 15 is 0 Å². The number of fused-ring (bicyclic) bond motifs is 1. The van der Waals surface area contributed by atoms with Gasteiger partial charge in [0.05, 0.1) is 24.4 Å². The second kappa shape index (κ2) is 5.88. The number of methoxy groups -OCH3 is 2. The van der Waals surface area contributed by atoms with Crippen LogP contribution in [0.15, 0.2) is 41.1 Å². The highest BCUT2D eigenvalue weighted by Crippen LogP contribution is 2.38. The third-order valence-corrected chi connectivity index (χ3v) is 4.12. The predicted molar refractivity (Wildman–Crippen MR) is 91.0 cm³/mol. The Labute approximate surface area is 137 Å². The number of nitrogens with one attached hydrogen (secondary N) is 1. The Hall–Kier alpha value is -2.21. The highest BCUT2D eigenvalue weighted by atomic mass is 79.9. The lowest BCUT2D eigenvalue weighted by atomic mass is 10.1. The average Bonchev–Trinajstić information content (AvgIpc) is 2.97. The van der Waals surface area contributed by atoms with Crippen LogP contribution in [0.25, 0.3) is 16.9 Å². The quantitative estimate of drug-likeness (QED) is 0.767. The van der Waals surface area contributed by atoms with Crippen LogP contribution in [0, 0.1) is 0 Å². The summed E-state index contributed by atoms with van der Waals surface area (Å²) < 4.78 is 13.6. The molecule has 0 radical (unpaired) electrons. The number of pyridine rings is 1. The first-order valence-corrected chi connectivity index (χ1v) is 7.54. The Morgan fingerprint density at radius 2 is 1.91 bits per heavy atom. The standard InChI is InChI=1S/C16H16BrN3O2/c1-18-10-4-5-20-9-13(19-16(20)6-10)11-7-12(17)15(22-3)8-14(11)21-2/h4-9,18H,1-3H3. The number of aromatic nitrogens is 2. The summed E-state index contributed by atoms with van der Waals surface area (Å²) in [5.74, 6) is 1.44. The van der Waals surface area contributed by atoms with Gasteiger partial charge < -0.3 is 19.2 Å². The van der Waals surface area contributed by atoms with Crippen LogP contribution < -0.4 is 14.8 Å². The zero-order valence-corrected chi connectivity index (χ0v) is 14.1. The van der Waals surface area contributed by atoms with E-state index in [2.05, 4.69) is 26.2 Å². The van der Waals surface area contributed by atoms with E-state index in [4.69, 9.17) is 9.47 Å². The molecule has 0 aliphatic heterocycles. The van der Waals surface area contributed by atoms with Gasteiger partial charge in [-0.3, -0.25) is 0 Å². The van der Waals surface area contributed by atoms with Crippen LogP contribution >= 0.6 is 15.9 Å². The van der Waals surface area contributed by atoms with E-state index < -0.39 is 0 Å². The summed E-state index contributed by atoms with van der Waals surface area (Å²) >= 11 is 3.51. The van der Waals surface area contributed by atoms with Crippen LogP contribution in [0.1, 0.15) is 0 Å². The third kappa shape index (κ3) is 2.50. The molecule has 0 aliphatic carbocycles. The smallest absolute Gasteiger partial charge is 0.139 e.